The van der Waals surface area contributed by atoms with E-state index in [2.05, 4.69) is 15.3 Å². The van der Waals surface area contributed by atoms with E-state index in [0.717, 1.165) is 6.26 Å². The lowest BCUT2D eigenvalue weighted by molar-refractivity contribution is 0.0985. The lowest BCUT2D eigenvalue weighted by Crippen LogP contribution is -2.44. The number of nitrogens with one attached hydrogen (secondary N) is 1. The summed E-state index contributed by atoms with van der Waals surface area (Å²) in [6.07, 6.45) is 1.02. The summed E-state index contributed by atoms with van der Waals surface area (Å²) in [5.74, 6) is 0.834. The average Bonchev–Trinajstić information content (AvgIpc) is 2.74. The Kier molecular flexibility index (Phi) is 6.96. The number of hydrogen-bond acceptors (Lipinski definition) is 8. The summed E-state index contributed by atoms with van der Waals surface area (Å²) in [6, 6.07) is 10.1. The Balaban J connectivity index is 2.04. The molecule has 1 saturated heterocycles. The van der Waals surface area contributed by atoms with Gasteiger partial charge in [-0.2, -0.15) is 5.26 Å². The number of aromatic nitrogens is 2. The summed E-state index contributed by atoms with van der Waals surface area (Å²) in [6.45, 7) is 3.61. The predicted molar refractivity (Wildman–Crippen MR) is 121 cm³/mol. The Morgan fingerprint density at radius 3 is 2.56 bits per heavy atom. The SMILES string of the molecule is C[C@H]1COCCN1c1cc(C(C#N)S(C)(=O)=O)nc(-c2ccc(NC(=O)N(C)C)cc2)n1. The van der Waals surface area contributed by atoms with Crippen LogP contribution in [0.15, 0.2) is 30.3 Å². The van der Waals surface area contributed by atoms with E-state index in [1.807, 2.05) is 17.9 Å². The highest BCUT2D eigenvalue weighted by molar-refractivity contribution is 7.91. The van der Waals surface area contributed by atoms with Crippen molar-refractivity contribution in [1.29, 1.82) is 5.26 Å². The second-order valence-corrected chi connectivity index (χ2v) is 9.96. The van der Waals surface area contributed by atoms with Crippen LogP contribution in [0, 0.1) is 11.3 Å². The molecule has 2 aromatic rings. The number of anilines is 2. The topological polar surface area (TPSA) is 129 Å². The molecule has 1 aliphatic rings. The molecule has 0 radical (unpaired) electrons. The molecule has 1 aromatic carbocycles. The summed E-state index contributed by atoms with van der Waals surface area (Å²) in [4.78, 5) is 24.4. The largest absolute Gasteiger partial charge is 0.377 e. The molecule has 0 saturated carbocycles. The zero-order valence-electron chi connectivity index (χ0n) is 18.4. The minimum absolute atomic E-state index is 0.0294. The molecule has 0 aliphatic carbocycles. The van der Waals surface area contributed by atoms with E-state index in [1.54, 1.807) is 44.4 Å². The van der Waals surface area contributed by atoms with Gasteiger partial charge in [-0.3, -0.25) is 0 Å². The van der Waals surface area contributed by atoms with E-state index in [0.29, 0.717) is 42.7 Å². The fraction of sp³-hybridized carbons (Fsp3) is 0.429. The van der Waals surface area contributed by atoms with Crippen molar-refractivity contribution in [2.45, 2.75) is 18.2 Å². The van der Waals surface area contributed by atoms with Gasteiger partial charge in [-0.1, -0.05) is 0 Å². The zero-order valence-corrected chi connectivity index (χ0v) is 19.3. The van der Waals surface area contributed by atoms with Crippen LogP contribution in [0.2, 0.25) is 0 Å². The van der Waals surface area contributed by atoms with Crippen LogP contribution in [0.1, 0.15) is 17.9 Å². The number of hydrogen-bond donors (Lipinski definition) is 1. The normalized spacial score (nSPS) is 17.3. The number of benzene rings is 1. The fourth-order valence-corrected chi connectivity index (χ4v) is 4.00. The van der Waals surface area contributed by atoms with Crippen LogP contribution in [0.25, 0.3) is 11.4 Å². The molecule has 2 heterocycles. The number of morpholine rings is 1. The number of carbonyl (C=O) groups excluding carboxylic acids is 1. The molecule has 32 heavy (non-hydrogen) atoms. The highest BCUT2D eigenvalue weighted by Gasteiger charge is 2.28. The summed E-state index contributed by atoms with van der Waals surface area (Å²) in [5.41, 5.74) is 1.34. The first-order chi connectivity index (χ1) is 15.1. The number of nitriles is 1. The molecule has 1 N–H and O–H groups in total. The highest BCUT2D eigenvalue weighted by atomic mass is 32.2. The molecule has 0 spiro atoms. The van der Waals surface area contributed by atoms with E-state index in [1.165, 1.54) is 4.90 Å². The molecular formula is C21H26N6O4S. The van der Waals surface area contributed by atoms with Gasteiger partial charge >= 0.3 is 6.03 Å². The highest BCUT2D eigenvalue weighted by Crippen LogP contribution is 2.28. The van der Waals surface area contributed by atoms with E-state index < -0.39 is 15.1 Å². The minimum Gasteiger partial charge on any atom is -0.377 e. The Hall–Kier alpha value is -3.23. The first-order valence-corrected chi connectivity index (χ1v) is 12.0. The summed E-state index contributed by atoms with van der Waals surface area (Å²) in [5, 5.41) is 10.9. The number of urea groups is 1. The molecule has 0 bridgehead atoms. The van der Waals surface area contributed by atoms with Crippen LogP contribution in [-0.4, -0.2) is 75.5 Å². The molecule has 1 fully saturated rings. The van der Waals surface area contributed by atoms with E-state index in [9.17, 15) is 18.5 Å². The van der Waals surface area contributed by atoms with Crippen LogP contribution in [0.4, 0.5) is 16.3 Å². The smallest absolute Gasteiger partial charge is 0.321 e. The van der Waals surface area contributed by atoms with Crippen molar-refractivity contribution in [1.82, 2.24) is 14.9 Å². The maximum absolute atomic E-state index is 12.2. The standard InChI is InChI=1S/C21H26N6O4S/c1-14-13-31-10-9-27(14)19-11-17(18(12-22)32(4,29)30)24-20(25-19)15-5-7-16(8-6-15)23-21(28)26(2)3/h5-8,11,14,18H,9-10,13H2,1-4H3,(H,23,28)/t14-,18?/m0/s1. The predicted octanol–water partition coefficient (Wildman–Crippen LogP) is 2.07. The van der Waals surface area contributed by atoms with Crippen LogP contribution < -0.4 is 10.2 Å². The number of amides is 2. The molecule has 10 nitrogen and oxygen atoms in total. The maximum atomic E-state index is 12.2. The van der Waals surface area contributed by atoms with Crippen molar-refractivity contribution >= 4 is 27.4 Å². The first kappa shape index (κ1) is 23.4. The minimum atomic E-state index is -3.70. The average molecular weight is 459 g/mol. The van der Waals surface area contributed by atoms with Crippen LogP contribution in [0.3, 0.4) is 0 Å². The third kappa shape index (κ3) is 5.33. The number of nitrogens with zero attached hydrogens (tertiary/aromatic N) is 5. The van der Waals surface area contributed by atoms with Gasteiger partial charge in [0.2, 0.25) is 0 Å². The maximum Gasteiger partial charge on any atom is 0.321 e. The van der Waals surface area contributed by atoms with Crippen molar-refractivity contribution in [3.05, 3.63) is 36.0 Å². The number of rotatable bonds is 5. The van der Waals surface area contributed by atoms with Gasteiger partial charge < -0.3 is 19.9 Å². The molecule has 1 unspecified atom stereocenters. The summed E-state index contributed by atoms with van der Waals surface area (Å²) < 4.78 is 29.9. The van der Waals surface area contributed by atoms with E-state index >= 15 is 0 Å². The Morgan fingerprint density at radius 1 is 1.31 bits per heavy atom. The third-order valence-electron chi connectivity index (χ3n) is 5.01. The Morgan fingerprint density at radius 2 is 2.00 bits per heavy atom. The van der Waals surface area contributed by atoms with Crippen molar-refractivity contribution < 1.29 is 17.9 Å². The number of ether oxygens (including phenoxy) is 1. The molecule has 2 atom stereocenters. The fourth-order valence-electron chi connectivity index (χ4n) is 3.25. The van der Waals surface area contributed by atoms with Gasteiger partial charge in [-0.25, -0.2) is 23.2 Å². The molecule has 170 valence electrons. The van der Waals surface area contributed by atoms with Crippen molar-refractivity contribution in [3.8, 4) is 17.5 Å². The first-order valence-electron chi connectivity index (χ1n) is 10.0. The van der Waals surface area contributed by atoms with Crippen LogP contribution >= 0.6 is 0 Å². The van der Waals surface area contributed by atoms with Gasteiger partial charge in [-0.05, 0) is 31.2 Å². The van der Waals surface area contributed by atoms with Gasteiger partial charge in [0.05, 0.1) is 31.0 Å². The molecule has 2 amide bonds. The third-order valence-corrected chi connectivity index (χ3v) is 6.21. The second kappa shape index (κ2) is 9.50. The molecule has 3 rings (SSSR count). The number of sulfone groups is 1. The van der Waals surface area contributed by atoms with E-state index in [4.69, 9.17) is 4.74 Å². The molecule has 1 aromatic heterocycles. The zero-order chi connectivity index (χ0) is 23.5. The Labute approximate surface area is 187 Å². The van der Waals surface area contributed by atoms with Gasteiger partial charge in [0.15, 0.2) is 20.9 Å². The molecule has 1 aliphatic heterocycles. The summed E-state index contributed by atoms with van der Waals surface area (Å²) >= 11 is 0. The van der Waals surface area contributed by atoms with Gasteiger partial charge in [0.1, 0.15) is 5.82 Å². The second-order valence-electron chi connectivity index (χ2n) is 7.83. The van der Waals surface area contributed by atoms with Gasteiger partial charge in [0, 0.05) is 44.2 Å². The molecule has 11 heteroatoms. The van der Waals surface area contributed by atoms with Crippen molar-refractivity contribution in [3.63, 3.8) is 0 Å². The monoisotopic (exact) mass is 458 g/mol. The lowest BCUT2D eigenvalue weighted by Gasteiger charge is -2.34. The van der Waals surface area contributed by atoms with Crippen LogP contribution in [-0.2, 0) is 14.6 Å². The summed E-state index contributed by atoms with van der Waals surface area (Å²) in [7, 11) is -0.416. The van der Waals surface area contributed by atoms with Crippen molar-refractivity contribution in [2.75, 3.05) is 50.3 Å². The van der Waals surface area contributed by atoms with Crippen LogP contribution in [0.5, 0.6) is 0 Å². The molecular weight excluding hydrogens is 432 g/mol. The van der Waals surface area contributed by atoms with Crippen molar-refractivity contribution in [2.24, 2.45) is 0 Å². The quantitative estimate of drug-likeness (QED) is 0.721. The van der Waals surface area contributed by atoms with Gasteiger partial charge in [0.25, 0.3) is 0 Å². The lowest BCUT2D eigenvalue weighted by atomic mass is 10.1. The van der Waals surface area contributed by atoms with E-state index in [-0.39, 0.29) is 17.8 Å². The number of carbonyl (C=O) groups is 1. The Bertz CT molecular complexity index is 1130. The van der Waals surface area contributed by atoms with Gasteiger partial charge in [-0.15, -0.1) is 0 Å².